The van der Waals surface area contributed by atoms with Crippen molar-refractivity contribution in [3.05, 3.63) is 35.6 Å². The van der Waals surface area contributed by atoms with Crippen LogP contribution in [0.25, 0.3) is 0 Å². The zero-order valence-corrected chi connectivity index (χ0v) is 15.8. The fourth-order valence-corrected chi connectivity index (χ4v) is 4.85. The van der Waals surface area contributed by atoms with Gasteiger partial charge in [-0.15, -0.1) is 0 Å². The van der Waals surface area contributed by atoms with Crippen LogP contribution >= 0.6 is 0 Å². The second-order valence-corrected chi connectivity index (χ2v) is 9.05. The Balaban J connectivity index is 1.80. The first kappa shape index (κ1) is 19.3. The third-order valence-electron chi connectivity index (χ3n) is 5.44. The minimum absolute atomic E-state index is 0.0130. The second kappa shape index (κ2) is 7.62. The van der Waals surface area contributed by atoms with Crippen LogP contribution in [0.2, 0.25) is 0 Å². The molecule has 2 aliphatic rings. The van der Waals surface area contributed by atoms with Crippen molar-refractivity contribution in [1.82, 2.24) is 9.21 Å². The highest BCUT2D eigenvalue weighted by molar-refractivity contribution is 7.89. The topological polar surface area (TPSA) is 66.9 Å². The molecule has 2 saturated heterocycles. The number of piperazine rings is 1. The normalized spacial score (nSPS) is 21.5. The standard InChI is InChI=1S/C18H25FN2O4S/c1-2-26(23,24)21-11-9-20(10-12-21)17(22)18(7-13-25-14-8-18)15-3-5-16(19)6-4-15/h3-6H,2,7-14H2,1H3. The predicted octanol–water partition coefficient (Wildman–Crippen LogP) is 1.37. The molecule has 0 saturated carbocycles. The Bertz CT molecular complexity index is 737. The number of carbonyl (C=O) groups is 1. The van der Waals surface area contributed by atoms with Gasteiger partial charge in [0.1, 0.15) is 5.82 Å². The first-order valence-electron chi connectivity index (χ1n) is 9.00. The van der Waals surface area contributed by atoms with Crippen LogP contribution in [0.5, 0.6) is 0 Å². The van der Waals surface area contributed by atoms with E-state index in [1.54, 1.807) is 24.0 Å². The number of hydrogen-bond acceptors (Lipinski definition) is 4. The Kier molecular flexibility index (Phi) is 5.64. The van der Waals surface area contributed by atoms with E-state index in [4.69, 9.17) is 4.74 Å². The maximum atomic E-state index is 13.4. The third kappa shape index (κ3) is 3.63. The van der Waals surface area contributed by atoms with Crippen LogP contribution in [0, 0.1) is 5.82 Å². The van der Waals surface area contributed by atoms with Crippen molar-refractivity contribution in [2.75, 3.05) is 45.1 Å². The van der Waals surface area contributed by atoms with E-state index in [0.29, 0.717) is 52.2 Å². The SMILES string of the molecule is CCS(=O)(=O)N1CCN(C(=O)C2(c3ccc(F)cc3)CCOCC2)CC1. The van der Waals surface area contributed by atoms with Crippen molar-refractivity contribution < 1.29 is 22.3 Å². The average molecular weight is 384 g/mol. The predicted molar refractivity (Wildman–Crippen MR) is 95.7 cm³/mol. The minimum atomic E-state index is -3.23. The van der Waals surface area contributed by atoms with Gasteiger partial charge >= 0.3 is 0 Å². The Labute approximate surface area is 154 Å². The van der Waals surface area contributed by atoms with Crippen LogP contribution in [0.15, 0.2) is 24.3 Å². The monoisotopic (exact) mass is 384 g/mol. The molecule has 0 unspecified atom stereocenters. The smallest absolute Gasteiger partial charge is 0.233 e. The second-order valence-electron chi connectivity index (χ2n) is 6.79. The lowest BCUT2D eigenvalue weighted by Crippen LogP contribution is -2.56. The Morgan fingerprint density at radius 2 is 1.69 bits per heavy atom. The molecule has 6 nitrogen and oxygen atoms in total. The molecular weight excluding hydrogens is 359 g/mol. The van der Waals surface area contributed by atoms with E-state index in [0.717, 1.165) is 5.56 Å². The van der Waals surface area contributed by atoms with Crippen molar-refractivity contribution in [3.63, 3.8) is 0 Å². The molecule has 1 aromatic rings. The van der Waals surface area contributed by atoms with Gasteiger partial charge in [0, 0.05) is 39.4 Å². The van der Waals surface area contributed by atoms with E-state index in [-0.39, 0.29) is 17.5 Å². The molecule has 0 atom stereocenters. The van der Waals surface area contributed by atoms with Gasteiger partial charge in [0.15, 0.2) is 0 Å². The van der Waals surface area contributed by atoms with Crippen molar-refractivity contribution in [3.8, 4) is 0 Å². The quantitative estimate of drug-likeness (QED) is 0.786. The van der Waals surface area contributed by atoms with Crippen molar-refractivity contribution in [1.29, 1.82) is 0 Å². The van der Waals surface area contributed by atoms with E-state index in [1.807, 2.05) is 0 Å². The molecular formula is C18H25FN2O4S. The summed E-state index contributed by atoms with van der Waals surface area (Å²) in [4.78, 5) is 15.1. The molecule has 2 aliphatic heterocycles. The number of sulfonamides is 1. The Hall–Kier alpha value is -1.51. The van der Waals surface area contributed by atoms with E-state index >= 15 is 0 Å². The zero-order chi connectivity index (χ0) is 18.8. The molecule has 0 spiro atoms. The van der Waals surface area contributed by atoms with Gasteiger partial charge in [0.05, 0.1) is 11.2 Å². The molecule has 26 heavy (non-hydrogen) atoms. The number of hydrogen-bond donors (Lipinski definition) is 0. The molecule has 0 aromatic heterocycles. The lowest BCUT2D eigenvalue weighted by molar-refractivity contribution is -0.142. The summed E-state index contributed by atoms with van der Waals surface area (Å²) in [5.74, 6) is -0.277. The maximum Gasteiger partial charge on any atom is 0.233 e. The fourth-order valence-electron chi connectivity index (χ4n) is 3.77. The molecule has 1 aromatic carbocycles. The molecule has 0 aliphatic carbocycles. The maximum absolute atomic E-state index is 13.4. The number of ether oxygens (including phenoxy) is 1. The highest BCUT2D eigenvalue weighted by Gasteiger charge is 2.45. The summed E-state index contributed by atoms with van der Waals surface area (Å²) in [7, 11) is -3.23. The van der Waals surface area contributed by atoms with E-state index in [1.165, 1.54) is 16.4 Å². The fraction of sp³-hybridized carbons (Fsp3) is 0.611. The van der Waals surface area contributed by atoms with Gasteiger partial charge in [0.2, 0.25) is 15.9 Å². The van der Waals surface area contributed by atoms with Gasteiger partial charge in [0.25, 0.3) is 0 Å². The highest BCUT2D eigenvalue weighted by Crippen LogP contribution is 2.37. The summed E-state index contributed by atoms with van der Waals surface area (Å²) in [6.07, 6.45) is 1.09. The third-order valence-corrected chi connectivity index (χ3v) is 7.32. The molecule has 2 fully saturated rings. The van der Waals surface area contributed by atoms with Crippen LogP contribution in [-0.2, 0) is 25.0 Å². The summed E-state index contributed by atoms with van der Waals surface area (Å²) in [6.45, 7) is 3.97. The molecule has 0 bridgehead atoms. The summed E-state index contributed by atoms with van der Waals surface area (Å²) >= 11 is 0. The van der Waals surface area contributed by atoms with Crippen LogP contribution in [0.3, 0.4) is 0 Å². The van der Waals surface area contributed by atoms with Gasteiger partial charge < -0.3 is 9.64 Å². The molecule has 144 valence electrons. The summed E-state index contributed by atoms with van der Waals surface area (Å²) in [6, 6.07) is 6.11. The molecule has 2 heterocycles. The number of amides is 1. The largest absolute Gasteiger partial charge is 0.381 e. The number of benzene rings is 1. The number of nitrogens with zero attached hydrogens (tertiary/aromatic N) is 2. The first-order chi connectivity index (χ1) is 12.4. The van der Waals surface area contributed by atoms with Crippen molar-refractivity contribution >= 4 is 15.9 Å². The minimum Gasteiger partial charge on any atom is -0.381 e. The van der Waals surface area contributed by atoms with Gasteiger partial charge in [-0.05, 0) is 37.5 Å². The lowest BCUT2D eigenvalue weighted by Gasteiger charge is -2.42. The Morgan fingerprint density at radius 3 is 2.23 bits per heavy atom. The first-order valence-corrected chi connectivity index (χ1v) is 10.6. The summed E-state index contributed by atoms with van der Waals surface area (Å²) in [5, 5.41) is 0. The van der Waals surface area contributed by atoms with Gasteiger partial charge in [-0.25, -0.2) is 12.8 Å². The van der Waals surface area contributed by atoms with Crippen molar-refractivity contribution in [2.45, 2.75) is 25.2 Å². The molecule has 0 radical (unpaired) electrons. The zero-order valence-electron chi connectivity index (χ0n) is 15.0. The average Bonchev–Trinajstić information content (AvgIpc) is 2.68. The molecule has 0 N–H and O–H groups in total. The molecule has 1 amide bonds. The number of halogens is 1. The summed E-state index contributed by atoms with van der Waals surface area (Å²) < 4.78 is 44.3. The summed E-state index contributed by atoms with van der Waals surface area (Å²) in [5.41, 5.74) is 0.0772. The highest BCUT2D eigenvalue weighted by atomic mass is 32.2. The molecule has 8 heteroatoms. The van der Waals surface area contributed by atoms with Gasteiger partial charge in [-0.2, -0.15) is 4.31 Å². The van der Waals surface area contributed by atoms with Crippen LogP contribution in [0.4, 0.5) is 4.39 Å². The van der Waals surface area contributed by atoms with E-state index in [9.17, 15) is 17.6 Å². The number of carbonyl (C=O) groups excluding carboxylic acids is 1. The van der Waals surface area contributed by atoms with Gasteiger partial charge in [-0.3, -0.25) is 4.79 Å². The van der Waals surface area contributed by atoms with Crippen LogP contribution in [-0.4, -0.2) is 68.7 Å². The Morgan fingerprint density at radius 1 is 1.12 bits per heavy atom. The van der Waals surface area contributed by atoms with Gasteiger partial charge in [-0.1, -0.05) is 12.1 Å². The lowest BCUT2D eigenvalue weighted by atomic mass is 9.73. The molecule has 3 rings (SSSR count). The van der Waals surface area contributed by atoms with Crippen LogP contribution < -0.4 is 0 Å². The number of rotatable bonds is 4. The van der Waals surface area contributed by atoms with Crippen molar-refractivity contribution in [2.24, 2.45) is 0 Å². The van der Waals surface area contributed by atoms with E-state index < -0.39 is 15.4 Å². The van der Waals surface area contributed by atoms with Crippen LogP contribution in [0.1, 0.15) is 25.3 Å². The van der Waals surface area contributed by atoms with E-state index in [2.05, 4.69) is 0 Å².